The van der Waals surface area contributed by atoms with Gasteiger partial charge in [0.05, 0.1) is 0 Å². The van der Waals surface area contributed by atoms with E-state index in [1.807, 2.05) is 50.3 Å². The molecular formula is C44H58O6. The maximum Gasteiger partial charge on any atom is 0.302 e. The lowest BCUT2D eigenvalue weighted by Gasteiger charge is -2.18. The summed E-state index contributed by atoms with van der Waals surface area (Å²) in [6.45, 7) is 24.3. The van der Waals surface area contributed by atoms with Crippen LogP contribution in [0.3, 0.4) is 0 Å². The number of allylic oxidation sites excluding steroid dienone is 20. The molecule has 0 unspecified atom stereocenters. The van der Waals surface area contributed by atoms with Crippen molar-refractivity contribution in [2.24, 2.45) is 10.8 Å². The van der Waals surface area contributed by atoms with E-state index in [-0.39, 0.29) is 48.2 Å². The number of hydrogen-bond acceptors (Lipinski definition) is 6. The number of carbonyl (C=O) groups is 2. The summed E-state index contributed by atoms with van der Waals surface area (Å²) in [5.74, 6) is 7.54. The Bertz CT molecular complexity index is 1500. The molecule has 0 aromatic carbocycles. The molecule has 6 nitrogen and oxygen atoms in total. The standard InChI is InChI=1S/C44H58O6/c1-31(19-15-21-33(3)23-25-35(5)41-43(9,10)27-39(49-41)29-47-37(7)45)17-13-14-18-32(2)20-16-22-34(4)24-26-36(6)42-44(11,12)28-40(50-42)30-48-38(8)46/h15-26,39-40H,27-30H2,1-12H3/b19-15+,20-16+,25-23+,26-24+,31-17+,32-18+,33-21+,34-22+,41-35-,42-36-/t39-,40-/m0/s1. The first-order valence-corrected chi connectivity index (χ1v) is 17.3. The van der Waals surface area contributed by atoms with Gasteiger partial charge in [0, 0.05) is 24.7 Å². The van der Waals surface area contributed by atoms with E-state index in [2.05, 4.69) is 104 Å². The fraction of sp³-hybridized carbons (Fsp3) is 0.455. The highest BCUT2D eigenvalue weighted by atomic mass is 16.6. The second-order valence-electron chi connectivity index (χ2n) is 14.6. The van der Waals surface area contributed by atoms with Crippen molar-refractivity contribution in [3.8, 4) is 11.8 Å². The SMILES string of the molecule is CC(=O)OC[C@@H]1CC(C)(C)/C(=C(C)/C=C/C(C)=C/C=C/C(C)=C/C#C/C=C(C)/C=C/C=C(C)/C=C/C(C)=C2\O[C@H](COC(C)=O)CC2(C)C)O1. The van der Waals surface area contributed by atoms with E-state index in [0.29, 0.717) is 0 Å². The minimum Gasteiger partial charge on any atom is -0.490 e. The number of esters is 2. The molecule has 2 rings (SSSR count). The zero-order valence-corrected chi connectivity index (χ0v) is 32.4. The molecule has 0 radical (unpaired) electrons. The molecule has 2 fully saturated rings. The van der Waals surface area contributed by atoms with E-state index in [9.17, 15) is 9.59 Å². The van der Waals surface area contributed by atoms with E-state index < -0.39 is 0 Å². The van der Waals surface area contributed by atoms with Crippen LogP contribution in [0.25, 0.3) is 0 Å². The van der Waals surface area contributed by atoms with Crippen LogP contribution in [-0.4, -0.2) is 37.4 Å². The summed E-state index contributed by atoms with van der Waals surface area (Å²) < 4.78 is 22.6. The van der Waals surface area contributed by atoms with Crippen LogP contribution >= 0.6 is 0 Å². The molecule has 50 heavy (non-hydrogen) atoms. The number of ether oxygens (including phenoxy) is 4. The average molecular weight is 683 g/mol. The second-order valence-corrected chi connectivity index (χ2v) is 14.6. The van der Waals surface area contributed by atoms with Crippen molar-refractivity contribution in [2.75, 3.05) is 13.2 Å². The lowest BCUT2D eigenvalue weighted by atomic mass is 9.85. The maximum absolute atomic E-state index is 11.2. The Labute approximate surface area is 301 Å². The van der Waals surface area contributed by atoms with Crippen LogP contribution in [0.1, 0.15) is 95.9 Å². The van der Waals surface area contributed by atoms with Gasteiger partial charge in [-0.15, -0.1) is 0 Å². The van der Waals surface area contributed by atoms with Gasteiger partial charge < -0.3 is 18.9 Å². The fourth-order valence-corrected chi connectivity index (χ4v) is 5.81. The van der Waals surface area contributed by atoms with Crippen molar-refractivity contribution in [3.63, 3.8) is 0 Å². The van der Waals surface area contributed by atoms with Gasteiger partial charge in [0.25, 0.3) is 0 Å². The topological polar surface area (TPSA) is 71.1 Å². The molecule has 0 amide bonds. The molecule has 0 aromatic heterocycles. The van der Waals surface area contributed by atoms with Crippen LogP contribution in [0.5, 0.6) is 0 Å². The van der Waals surface area contributed by atoms with Gasteiger partial charge >= 0.3 is 11.9 Å². The maximum atomic E-state index is 11.2. The predicted molar refractivity (Wildman–Crippen MR) is 205 cm³/mol. The summed E-state index contributed by atoms with van der Waals surface area (Å²) >= 11 is 0. The number of hydrogen-bond donors (Lipinski definition) is 0. The highest BCUT2D eigenvalue weighted by molar-refractivity contribution is 5.66. The lowest BCUT2D eigenvalue weighted by Crippen LogP contribution is -2.17. The molecule has 2 heterocycles. The smallest absolute Gasteiger partial charge is 0.302 e. The average Bonchev–Trinajstić information content (AvgIpc) is 3.52. The summed E-state index contributed by atoms with van der Waals surface area (Å²) in [5, 5.41) is 0. The molecule has 0 bridgehead atoms. The van der Waals surface area contributed by atoms with Crippen LogP contribution in [-0.2, 0) is 28.5 Å². The van der Waals surface area contributed by atoms with Crippen molar-refractivity contribution in [1.82, 2.24) is 0 Å². The first-order valence-electron chi connectivity index (χ1n) is 17.3. The molecule has 0 spiro atoms. The van der Waals surface area contributed by atoms with Crippen LogP contribution in [0, 0.1) is 22.7 Å². The van der Waals surface area contributed by atoms with Gasteiger partial charge in [0.2, 0.25) is 0 Å². The third kappa shape index (κ3) is 14.9. The van der Waals surface area contributed by atoms with Crippen LogP contribution in [0.4, 0.5) is 0 Å². The molecule has 2 atom stereocenters. The highest BCUT2D eigenvalue weighted by Crippen LogP contribution is 2.44. The van der Waals surface area contributed by atoms with Crippen molar-refractivity contribution >= 4 is 11.9 Å². The normalized spacial score (nSPS) is 23.3. The third-order valence-electron chi connectivity index (χ3n) is 8.25. The van der Waals surface area contributed by atoms with Crippen molar-refractivity contribution < 1.29 is 28.5 Å². The summed E-state index contributed by atoms with van der Waals surface area (Å²) in [7, 11) is 0. The summed E-state index contributed by atoms with van der Waals surface area (Å²) in [6, 6.07) is 0. The van der Waals surface area contributed by atoms with E-state index >= 15 is 0 Å². The Kier molecular flexibility index (Phi) is 16.4. The number of rotatable bonds is 12. The van der Waals surface area contributed by atoms with Gasteiger partial charge in [-0.25, -0.2) is 0 Å². The molecular weight excluding hydrogens is 624 g/mol. The Hall–Kier alpha value is -4.50. The summed E-state index contributed by atoms with van der Waals surface area (Å²) in [4.78, 5) is 22.3. The Morgan fingerprint density at radius 2 is 0.960 bits per heavy atom. The van der Waals surface area contributed by atoms with Crippen molar-refractivity contribution in [3.05, 3.63) is 118 Å². The summed E-state index contributed by atoms with van der Waals surface area (Å²) in [6.07, 6.45) is 25.8. The number of carbonyl (C=O) groups excluding carboxylic acids is 2. The van der Waals surface area contributed by atoms with Crippen LogP contribution in [0.2, 0.25) is 0 Å². The molecule has 270 valence electrons. The van der Waals surface area contributed by atoms with Crippen molar-refractivity contribution in [2.45, 2.75) is 108 Å². The van der Waals surface area contributed by atoms with Gasteiger partial charge in [-0.2, -0.15) is 0 Å². The zero-order chi connectivity index (χ0) is 37.5. The molecule has 2 aliphatic rings. The van der Waals surface area contributed by atoms with E-state index in [0.717, 1.165) is 57.8 Å². The Morgan fingerprint density at radius 3 is 1.30 bits per heavy atom. The third-order valence-corrected chi connectivity index (χ3v) is 8.25. The molecule has 0 aromatic rings. The highest BCUT2D eigenvalue weighted by Gasteiger charge is 2.40. The minimum absolute atomic E-state index is 0.111. The van der Waals surface area contributed by atoms with Gasteiger partial charge in [0.1, 0.15) is 36.9 Å². The summed E-state index contributed by atoms with van der Waals surface area (Å²) in [5.41, 5.74) is 6.27. The van der Waals surface area contributed by atoms with Crippen molar-refractivity contribution in [1.29, 1.82) is 0 Å². The molecule has 2 saturated heterocycles. The zero-order valence-electron chi connectivity index (χ0n) is 32.4. The van der Waals surface area contributed by atoms with E-state index in [1.165, 1.54) is 13.8 Å². The first kappa shape index (κ1) is 41.7. The van der Waals surface area contributed by atoms with E-state index in [4.69, 9.17) is 18.9 Å². The monoisotopic (exact) mass is 682 g/mol. The van der Waals surface area contributed by atoms with Gasteiger partial charge in [-0.3, -0.25) is 9.59 Å². The van der Waals surface area contributed by atoms with Gasteiger partial charge in [-0.1, -0.05) is 111 Å². The second kappa shape index (κ2) is 19.6. The molecule has 0 N–H and O–H groups in total. The molecule has 0 aliphatic carbocycles. The minimum atomic E-state index is -0.286. The Balaban J connectivity index is 1.91. The first-order chi connectivity index (χ1) is 23.4. The molecule has 6 heteroatoms. The van der Waals surface area contributed by atoms with Gasteiger partial charge in [0.15, 0.2) is 0 Å². The quantitative estimate of drug-likeness (QED) is 0.116. The predicted octanol–water partition coefficient (Wildman–Crippen LogP) is 10.3. The van der Waals surface area contributed by atoms with Crippen LogP contribution in [0.15, 0.2) is 118 Å². The lowest BCUT2D eigenvalue weighted by molar-refractivity contribution is -0.144. The Morgan fingerprint density at radius 1 is 0.600 bits per heavy atom. The van der Waals surface area contributed by atoms with Crippen LogP contribution < -0.4 is 0 Å². The van der Waals surface area contributed by atoms with Gasteiger partial charge in [-0.05, 0) is 88.8 Å². The fourth-order valence-electron chi connectivity index (χ4n) is 5.81. The largest absolute Gasteiger partial charge is 0.490 e. The molecule has 0 saturated carbocycles. The molecule has 2 aliphatic heterocycles. The van der Waals surface area contributed by atoms with E-state index in [1.54, 1.807) is 0 Å².